The first-order chi connectivity index (χ1) is 26.1. The van der Waals surface area contributed by atoms with E-state index >= 15 is 0 Å². The van der Waals surface area contributed by atoms with Gasteiger partial charge in [0, 0.05) is 123 Å². The van der Waals surface area contributed by atoms with Crippen molar-refractivity contribution in [3.8, 4) is 0 Å². The van der Waals surface area contributed by atoms with Gasteiger partial charge in [-0.15, -0.1) is 12.1 Å². The summed E-state index contributed by atoms with van der Waals surface area (Å²) in [5.41, 5.74) is 2.65. The van der Waals surface area contributed by atoms with E-state index in [0.29, 0.717) is 0 Å². The van der Waals surface area contributed by atoms with E-state index in [-0.39, 0.29) is 95.1 Å². The Morgan fingerprint density at radius 3 is 0.597 bits per heavy atom. The summed E-state index contributed by atoms with van der Waals surface area (Å²) in [5.74, 6) is -16.9. The average molecular weight is 1030 g/mol. The third-order valence-corrected chi connectivity index (χ3v) is 7.22. The molecule has 0 amide bonds. The van der Waals surface area contributed by atoms with E-state index in [1.807, 2.05) is 48.5 Å². The van der Waals surface area contributed by atoms with Crippen LogP contribution in [0.1, 0.15) is 74.2 Å². The minimum Gasteiger partial charge on any atom is -0.281 e. The maximum atomic E-state index is 12.7. The zero-order chi connectivity index (χ0) is 42.9. The van der Waals surface area contributed by atoms with Crippen LogP contribution in [0.25, 0.3) is 0 Å². The molecule has 0 aliphatic carbocycles. The van der Waals surface area contributed by atoms with Crippen LogP contribution < -0.4 is 0 Å². The van der Waals surface area contributed by atoms with Gasteiger partial charge in [0.2, 0.25) is 0 Å². The van der Waals surface area contributed by atoms with Gasteiger partial charge in [-0.2, -0.15) is 71.8 Å². The van der Waals surface area contributed by atoms with Gasteiger partial charge in [0.1, 0.15) is 0 Å². The van der Waals surface area contributed by atoms with E-state index in [1.54, 1.807) is 0 Å². The number of rotatable bonds is 0. The van der Waals surface area contributed by atoms with Gasteiger partial charge in [-0.25, -0.2) is 35.1 Å². The van der Waals surface area contributed by atoms with E-state index in [4.69, 9.17) is 0 Å². The van der Waals surface area contributed by atoms with E-state index in [0.717, 1.165) is 27.7 Å². The molecule has 0 atom stereocenters. The van der Waals surface area contributed by atoms with E-state index in [9.17, 15) is 52.7 Å². The van der Waals surface area contributed by atoms with Gasteiger partial charge in [0.15, 0.2) is 23.3 Å². The topological polar surface area (TPSA) is 0 Å². The van der Waals surface area contributed by atoms with Crippen molar-refractivity contribution < 1.29 is 118 Å². The summed E-state index contributed by atoms with van der Waals surface area (Å²) in [5, 5.41) is 0. The SMILES string of the molecule is C.C.C.C.Cc1c(F)c(F)[c-]c(F)c1F.Cc1c(F)c(F)[c-]c(F)c1F.Cc1c(F)c(F)c(C)c(F)c1F.Cc1cc[c-]cc1.Cc1cc[c-]cc1.Cc1ccc(C)cc1.[Y].[Y]. The molecule has 0 aliphatic rings. The molecule has 0 aliphatic heterocycles. The normalized spacial score (nSPS) is 8.84. The summed E-state index contributed by atoms with van der Waals surface area (Å²) in [6.45, 7) is 12.2. The molecule has 0 spiro atoms. The van der Waals surface area contributed by atoms with Crippen LogP contribution in [0.2, 0.25) is 0 Å². The van der Waals surface area contributed by atoms with Crippen LogP contribution in [0.4, 0.5) is 52.7 Å². The molecular formula is C48H52F12Y2-4. The van der Waals surface area contributed by atoms with Crippen LogP contribution in [-0.4, -0.2) is 0 Å². The van der Waals surface area contributed by atoms with Gasteiger partial charge in [0.05, 0.1) is 0 Å². The second-order valence-corrected chi connectivity index (χ2v) is 11.8. The molecule has 0 unspecified atom stereocenters. The van der Waals surface area contributed by atoms with Gasteiger partial charge in [-0.05, 0) is 27.7 Å². The number of halogens is 12. The molecule has 14 heteroatoms. The third-order valence-electron chi connectivity index (χ3n) is 7.22. The molecule has 0 nitrogen and oxygen atoms in total. The van der Waals surface area contributed by atoms with Crippen molar-refractivity contribution in [2.45, 2.75) is 85.1 Å². The minimum atomic E-state index is -1.50. The Labute approximate surface area is 411 Å². The second kappa shape index (κ2) is 35.1. The van der Waals surface area contributed by atoms with Gasteiger partial charge in [-0.1, -0.05) is 104 Å². The van der Waals surface area contributed by atoms with Crippen molar-refractivity contribution in [3.63, 3.8) is 0 Å². The number of benzene rings is 6. The number of hydrogen-bond donors (Lipinski definition) is 0. The molecule has 62 heavy (non-hydrogen) atoms. The fourth-order valence-electron chi connectivity index (χ4n) is 3.69. The first kappa shape index (κ1) is 70.4. The average Bonchev–Trinajstić information content (AvgIpc) is 3.18. The van der Waals surface area contributed by atoms with Crippen molar-refractivity contribution in [3.05, 3.63) is 211 Å². The van der Waals surface area contributed by atoms with Crippen molar-refractivity contribution in [1.82, 2.24) is 0 Å². The minimum absolute atomic E-state index is 0. The van der Waals surface area contributed by atoms with Crippen LogP contribution in [0.15, 0.2) is 72.8 Å². The molecule has 6 rings (SSSR count). The van der Waals surface area contributed by atoms with Gasteiger partial charge < -0.3 is 0 Å². The van der Waals surface area contributed by atoms with Crippen LogP contribution in [0.5, 0.6) is 0 Å². The van der Waals surface area contributed by atoms with E-state index < -0.39 is 92.1 Å². The van der Waals surface area contributed by atoms with Crippen molar-refractivity contribution in [1.29, 1.82) is 0 Å². The fourth-order valence-corrected chi connectivity index (χ4v) is 3.69. The van der Waals surface area contributed by atoms with Crippen LogP contribution >= 0.6 is 0 Å². The van der Waals surface area contributed by atoms with E-state index in [2.05, 4.69) is 64.1 Å². The van der Waals surface area contributed by atoms with Crippen LogP contribution in [-0.2, 0) is 65.4 Å². The largest absolute Gasteiger partial charge is 0.281 e. The molecule has 0 bridgehead atoms. The Bertz CT molecular complexity index is 1870. The van der Waals surface area contributed by atoms with Crippen LogP contribution in [0, 0.1) is 149 Å². The molecule has 6 aromatic carbocycles. The van der Waals surface area contributed by atoms with Gasteiger partial charge >= 0.3 is 0 Å². The Morgan fingerprint density at radius 1 is 0.274 bits per heavy atom. The molecule has 0 aromatic heterocycles. The summed E-state index contributed by atoms with van der Waals surface area (Å²) in [7, 11) is 0. The van der Waals surface area contributed by atoms with Gasteiger partial charge in [-0.3, -0.25) is 17.6 Å². The Hall–Kier alpha value is -3.31. The number of aryl methyl sites for hydroxylation is 4. The van der Waals surface area contributed by atoms with Crippen molar-refractivity contribution in [2.24, 2.45) is 0 Å². The molecule has 2 radical (unpaired) electrons. The molecule has 6 aromatic rings. The first-order valence-electron chi connectivity index (χ1n) is 16.2. The van der Waals surface area contributed by atoms with Crippen molar-refractivity contribution in [2.75, 3.05) is 0 Å². The maximum Gasteiger partial charge on any atom is 0.165 e. The van der Waals surface area contributed by atoms with Crippen molar-refractivity contribution >= 4 is 0 Å². The quantitative estimate of drug-likeness (QED) is 0.0808. The maximum absolute atomic E-state index is 12.7. The molecule has 0 saturated heterocycles. The van der Waals surface area contributed by atoms with Crippen LogP contribution in [0.3, 0.4) is 0 Å². The summed E-state index contributed by atoms with van der Waals surface area (Å²) in [4.78, 5) is 0. The molecular weight excluding hydrogens is 982 g/mol. The predicted octanol–water partition coefficient (Wildman–Crippen LogP) is 16.0. The Morgan fingerprint density at radius 2 is 0.435 bits per heavy atom. The van der Waals surface area contributed by atoms with E-state index in [1.165, 1.54) is 34.4 Å². The summed E-state index contributed by atoms with van der Waals surface area (Å²) < 4.78 is 149. The first-order valence-corrected chi connectivity index (χ1v) is 16.2. The zero-order valence-electron chi connectivity index (χ0n) is 32.6. The molecule has 0 heterocycles. The zero-order valence-corrected chi connectivity index (χ0v) is 38.3. The summed E-state index contributed by atoms with van der Waals surface area (Å²) >= 11 is 0. The molecule has 0 saturated carbocycles. The summed E-state index contributed by atoms with van der Waals surface area (Å²) in [6.07, 6.45) is 0. The smallest absolute Gasteiger partial charge is 0.165 e. The fraction of sp³-hybridized carbons (Fsp3) is 0.250. The standard InChI is InChI=1S/C8H6F4.C8H10.2C7H3F4.2C7H7.4CH4.2Y/c1-3-5(9)7(11)4(2)8(12)6(3)10;1-7-3-5-8(2)6-4-7;2*1-3-6(10)4(8)2-5(9)7(3)11;2*1-7-5-3-2-4-6-7;;;;;;/h1-2H3;3-6H,1-2H3;2*1H3;2*3-6H,1H3;4*1H4;;/q;;4*-1;;;;;;. The summed E-state index contributed by atoms with van der Waals surface area (Å²) in [6, 6.07) is 32.6. The molecule has 0 fully saturated rings. The molecule has 338 valence electrons. The number of hydrogen-bond acceptors (Lipinski definition) is 0. The second-order valence-electron chi connectivity index (χ2n) is 11.8. The Balaban J connectivity index is -0.000000150. The van der Waals surface area contributed by atoms with Gasteiger partial charge in [0.25, 0.3) is 0 Å². The Kier molecular flexibility index (Phi) is 39.8. The molecule has 0 N–H and O–H groups in total. The predicted molar refractivity (Wildman–Crippen MR) is 218 cm³/mol. The monoisotopic (exact) mass is 1030 g/mol. The third kappa shape index (κ3) is 23.4.